The molecular formula is C24H22N4O3S2. The van der Waals surface area contributed by atoms with Gasteiger partial charge in [0, 0.05) is 20.0 Å². The maximum Gasteiger partial charge on any atom is 0.295 e. The molecule has 1 aliphatic heterocycles. The highest BCUT2D eigenvalue weighted by molar-refractivity contribution is 8.26. The Labute approximate surface area is 200 Å². The van der Waals surface area contributed by atoms with Gasteiger partial charge in [-0.15, -0.1) is 0 Å². The Morgan fingerprint density at radius 2 is 1.70 bits per heavy atom. The first-order valence-electron chi connectivity index (χ1n) is 10.3. The second-order valence-electron chi connectivity index (χ2n) is 7.48. The molecule has 7 nitrogen and oxygen atoms in total. The van der Waals surface area contributed by atoms with Crippen LogP contribution in [0.1, 0.15) is 17.7 Å². The van der Waals surface area contributed by atoms with Crippen LogP contribution < -0.4 is 10.9 Å². The Morgan fingerprint density at radius 3 is 2.36 bits per heavy atom. The third kappa shape index (κ3) is 4.69. The minimum Gasteiger partial charge on any atom is -0.320 e. The van der Waals surface area contributed by atoms with E-state index in [0.29, 0.717) is 20.6 Å². The Balaban J connectivity index is 1.44. The summed E-state index contributed by atoms with van der Waals surface area (Å²) in [5.41, 5.74) is 2.15. The Bertz CT molecular complexity index is 1310. The monoisotopic (exact) mass is 478 g/mol. The lowest BCUT2D eigenvalue weighted by atomic mass is 10.2. The van der Waals surface area contributed by atoms with Crippen LogP contribution >= 0.6 is 24.0 Å². The third-order valence-corrected chi connectivity index (χ3v) is 6.73. The third-order valence-electron chi connectivity index (χ3n) is 5.35. The fraction of sp³-hybridized carbons (Fsp3) is 0.167. The molecule has 2 amide bonds. The van der Waals surface area contributed by atoms with E-state index in [1.807, 2.05) is 60.7 Å². The van der Waals surface area contributed by atoms with Crippen molar-refractivity contribution >= 4 is 51.9 Å². The molecule has 9 heteroatoms. The molecule has 0 spiro atoms. The molecule has 0 saturated carbocycles. The molecule has 0 bridgehead atoms. The number of hydrogen-bond donors (Lipinski definition) is 1. The zero-order valence-corrected chi connectivity index (χ0v) is 19.8. The number of carbonyl (C=O) groups excluding carboxylic acids is 2. The molecule has 1 aliphatic rings. The standard InChI is InChI=1S/C24H22N4O3S2/c1-16-21(23(31)28(26(16)2)18-11-7-4-8-12-18)25-20(29)13-14-27-22(30)19(33-24(27)32)15-17-9-5-3-6-10-17/h3-12,15H,13-14H2,1-2H3,(H,25,29). The van der Waals surface area contributed by atoms with Gasteiger partial charge in [0.1, 0.15) is 10.0 Å². The van der Waals surface area contributed by atoms with E-state index in [0.717, 1.165) is 5.56 Å². The lowest BCUT2D eigenvalue weighted by molar-refractivity contribution is -0.122. The number of rotatable bonds is 6. The predicted octanol–water partition coefficient (Wildman–Crippen LogP) is 3.71. The van der Waals surface area contributed by atoms with E-state index in [4.69, 9.17) is 12.2 Å². The average molecular weight is 479 g/mol. The molecule has 2 heterocycles. The molecule has 0 radical (unpaired) electrons. The molecule has 4 rings (SSSR count). The van der Waals surface area contributed by atoms with Gasteiger partial charge in [0.25, 0.3) is 11.5 Å². The number of amides is 2. The first-order chi connectivity index (χ1) is 15.9. The smallest absolute Gasteiger partial charge is 0.295 e. The molecule has 1 fully saturated rings. The average Bonchev–Trinajstić information content (AvgIpc) is 3.20. The number of benzene rings is 2. The Kier molecular flexibility index (Phi) is 6.62. The fourth-order valence-corrected chi connectivity index (χ4v) is 4.83. The molecular weight excluding hydrogens is 456 g/mol. The largest absolute Gasteiger partial charge is 0.320 e. The summed E-state index contributed by atoms with van der Waals surface area (Å²) in [4.78, 5) is 40.3. The molecule has 0 unspecified atom stereocenters. The van der Waals surface area contributed by atoms with Gasteiger partial charge in [0.05, 0.1) is 16.3 Å². The van der Waals surface area contributed by atoms with E-state index in [1.165, 1.54) is 21.3 Å². The number of carbonyl (C=O) groups is 2. The quantitative estimate of drug-likeness (QED) is 0.432. The molecule has 1 saturated heterocycles. The van der Waals surface area contributed by atoms with Crippen LogP contribution in [-0.2, 0) is 16.6 Å². The highest BCUT2D eigenvalue weighted by Crippen LogP contribution is 2.32. The van der Waals surface area contributed by atoms with Crippen molar-refractivity contribution in [3.05, 3.63) is 87.2 Å². The molecule has 3 aromatic rings. The van der Waals surface area contributed by atoms with Crippen LogP contribution in [0, 0.1) is 6.92 Å². The molecule has 2 aromatic carbocycles. The summed E-state index contributed by atoms with van der Waals surface area (Å²) in [6.07, 6.45) is 1.81. The lowest BCUT2D eigenvalue weighted by Crippen LogP contribution is -2.32. The second-order valence-corrected chi connectivity index (χ2v) is 9.15. The topological polar surface area (TPSA) is 76.3 Å². The van der Waals surface area contributed by atoms with Crippen LogP contribution in [0.5, 0.6) is 0 Å². The summed E-state index contributed by atoms with van der Waals surface area (Å²) in [7, 11) is 1.76. The number of thiocarbonyl (C=S) groups is 1. The zero-order valence-electron chi connectivity index (χ0n) is 18.1. The van der Waals surface area contributed by atoms with E-state index < -0.39 is 0 Å². The second kappa shape index (κ2) is 9.60. The van der Waals surface area contributed by atoms with E-state index in [-0.39, 0.29) is 36.0 Å². The van der Waals surface area contributed by atoms with Gasteiger partial charge >= 0.3 is 0 Å². The maximum absolute atomic E-state index is 13.0. The highest BCUT2D eigenvalue weighted by Gasteiger charge is 2.32. The fourth-order valence-electron chi connectivity index (χ4n) is 3.52. The van der Waals surface area contributed by atoms with E-state index >= 15 is 0 Å². The van der Waals surface area contributed by atoms with Gasteiger partial charge in [0.15, 0.2) is 0 Å². The van der Waals surface area contributed by atoms with Crippen LogP contribution in [0.25, 0.3) is 11.8 Å². The van der Waals surface area contributed by atoms with Gasteiger partial charge in [-0.3, -0.25) is 24.0 Å². The van der Waals surface area contributed by atoms with Gasteiger partial charge in [0.2, 0.25) is 5.91 Å². The van der Waals surface area contributed by atoms with Crippen molar-refractivity contribution in [1.82, 2.24) is 14.3 Å². The Hall–Kier alpha value is -3.43. The summed E-state index contributed by atoms with van der Waals surface area (Å²) in [6.45, 7) is 1.91. The van der Waals surface area contributed by atoms with E-state index in [1.54, 1.807) is 24.7 Å². The summed E-state index contributed by atoms with van der Waals surface area (Å²) >= 11 is 6.57. The van der Waals surface area contributed by atoms with Gasteiger partial charge in [-0.1, -0.05) is 72.5 Å². The predicted molar refractivity (Wildman–Crippen MR) is 135 cm³/mol. The molecule has 0 atom stereocenters. The van der Waals surface area contributed by atoms with Crippen molar-refractivity contribution in [2.75, 3.05) is 11.9 Å². The summed E-state index contributed by atoms with van der Waals surface area (Å²) in [6, 6.07) is 18.7. The summed E-state index contributed by atoms with van der Waals surface area (Å²) < 4.78 is 3.61. The molecule has 33 heavy (non-hydrogen) atoms. The number of para-hydroxylation sites is 1. The number of thioether (sulfide) groups is 1. The van der Waals surface area contributed by atoms with E-state index in [9.17, 15) is 14.4 Å². The van der Waals surface area contributed by atoms with Gasteiger partial charge in [-0.2, -0.15) is 0 Å². The number of nitrogens with one attached hydrogen (secondary N) is 1. The van der Waals surface area contributed by atoms with Crippen LogP contribution in [0.3, 0.4) is 0 Å². The zero-order chi connectivity index (χ0) is 23.5. The minimum atomic E-state index is -0.359. The van der Waals surface area contributed by atoms with Crippen LogP contribution in [-0.4, -0.2) is 36.9 Å². The van der Waals surface area contributed by atoms with Crippen molar-refractivity contribution in [1.29, 1.82) is 0 Å². The van der Waals surface area contributed by atoms with Gasteiger partial charge < -0.3 is 5.32 Å². The lowest BCUT2D eigenvalue weighted by Gasteiger charge is -2.13. The van der Waals surface area contributed by atoms with Crippen molar-refractivity contribution in [3.8, 4) is 5.69 Å². The van der Waals surface area contributed by atoms with Crippen LogP contribution in [0.15, 0.2) is 70.4 Å². The molecule has 1 aromatic heterocycles. The number of hydrogen-bond acceptors (Lipinski definition) is 5. The summed E-state index contributed by atoms with van der Waals surface area (Å²) in [5.74, 6) is -0.578. The van der Waals surface area contributed by atoms with Crippen molar-refractivity contribution < 1.29 is 9.59 Å². The highest BCUT2D eigenvalue weighted by atomic mass is 32.2. The molecule has 0 aliphatic carbocycles. The first kappa shape index (κ1) is 22.8. The first-order valence-corrected chi connectivity index (χ1v) is 11.5. The Morgan fingerprint density at radius 1 is 1.06 bits per heavy atom. The van der Waals surface area contributed by atoms with Crippen LogP contribution in [0.4, 0.5) is 5.69 Å². The summed E-state index contributed by atoms with van der Waals surface area (Å²) in [5, 5.41) is 2.72. The normalized spacial score (nSPS) is 14.8. The number of nitrogens with zero attached hydrogens (tertiary/aromatic N) is 3. The minimum absolute atomic E-state index is 0.0180. The van der Waals surface area contributed by atoms with Crippen molar-refractivity contribution in [3.63, 3.8) is 0 Å². The van der Waals surface area contributed by atoms with Crippen LogP contribution in [0.2, 0.25) is 0 Å². The van der Waals surface area contributed by atoms with E-state index in [2.05, 4.69) is 5.32 Å². The van der Waals surface area contributed by atoms with Crippen molar-refractivity contribution in [2.24, 2.45) is 7.05 Å². The number of anilines is 1. The molecule has 1 N–H and O–H groups in total. The van der Waals surface area contributed by atoms with Gasteiger partial charge in [-0.05, 0) is 30.7 Å². The maximum atomic E-state index is 13.0. The number of aromatic nitrogens is 2. The SMILES string of the molecule is Cc1c(NC(=O)CCN2C(=O)C(=Cc3ccccc3)SC2=S)c(=O)n(-c2ccccc2)n1C. The molecule has 168 valence electrons. The van der Waals surface area contributed by atoms with Crippen molar-refractivity contribution in [2.45, 2.75) is 13.3 Å². The van der Waals surface area contributed by atoms with Gasteiger partial charge in [-0.25, -0.2) is 4.68 Å².